The molecule has 0 spiro atoms. The topological polar surface area (TPSA) is 87.3 Å². The second-order valence-electron chi connectivity index (χ2n) is 4.68. The zero-order valence-electron chi connectivity index (χ0n) is 10.2. The summed E-state index contributed by atoms with van der Waals surface area (Å²) in [5.41, 5.74) is -0.342. The number of carbonyl (C=O) groups excluding carboxylic acids is 1. The van der Waals surface area contributed by atoms with Crippen LogP contribution in [-0.2, 0) is 15.1 Å². The minimum atomic E-state index is -0.892. The van der Waals surface area contributed by atoms with Crippen molar-refractivity contribution >= 4 is 22.6 Å². The number of benzene rings is 1. The summed E-state index contributed by atoms with van der Waals surface area (Å²) in [6, 6.07) is 4.72. The molecule has 1 aliphatic rings. The van der Waals surface area contributed by atoms with Gasteiger partial charge in [0.25, 0.3) is 5.69 Å². The van der Waals surface area contributed by atoms with Gasteiger partial charge in [0.2, 0.25) is 0 Å². The second kappa shape index (κ2) is 3.78. The molecule has 2 heterocycles. The predicted molar refractivity (Wildman–Crippen MR) is 65.6 cm³/mol. The van der Waals surface area contributed by atoms with Gasteiger partial charge in [0.1, 0.15) is 0 Å². The van der Waals surface area contributed by atoms with Crippen LogP contribution in [0.3, 0.4) is 0 Å². The summed E-state index contributed by atoms with van der Waals surface area (Å²) in [5, 5.41) is 15.5. The van der Waals surface area contributed by atoms with Crippen molar-refractivity contribution in [3.05, 3.63) is 34.5 Å². The van der Waals surface area contributed by atoms with E-state index in [1.54, 1.807) is 19.1 Å². The highest BCUT2D eigenvalue weighted by Crippen LogP contribution is 2.33. The van der Waals surface area contributed by atoms with E-state index in [2.05, 4.69) is 5.10 Å². The summed E-state index contributed by atoms with van der Waals surface area (Å²) in [7, 11) is 0. The number of nitro benzene ring substituents is 1. The molecule has 0 saturated carbocycles. The van der Waals surface area contributed by atoms with Gasteiger partial charge in [-0.25, -0.2) is 9.48 Å². The van der Waals surface area contributed by atoms with Gasteiger partial charge < -0.3 is 4.74 Å². The molecular weight excluding hydrogens is 250 g/mol. The fourth-order valence-corrected chi connectivity index (χ4v) is 2.38. The number of hydrogen-bond donors (Lipinski definition) is 0. The van der Waals surface area contributed by atoms with Crippen LogP contribution >= 0.6 is 0 Å². The largest absolute Gasteiger partial charge is 0.464 e. The van der Waals surface area contributed by atoms with Crippen LogP contribution < -0.4 is 0 Å². The molecule has 1 aliphatic heterocycles. The van der Waals surface area contributed by atoms with Crippen LogP contribution in [0.15, 0.2) is 24.4 Å². The molecule has 1 unspecified atom stereocenters. The first kappa shape index (κ1) is 11.6. The molecule has 7 nitrogen and oxygen atoms in total. The Morgan fingerprint density at radius 1 is 1.53 bits per heavy atom. The Morgan fingerprint density at radius 2 is 2.32 bits per heavy atom. The van der Waals surface area contributed by atoms with E-state index in [1.807, 2.05) is 0 Å². The quantitative estimate of drug-likeness (QED) is 0.465. The van der Waals surface area contributed by atoms with Crippen LogP contribution in [0.1, 0.15) is 13.3 Å². The average Bonchev–Trinajstić information content (AvgIpc) is 2.94. The van der Waals surface area contributed by atoms with E-state index in [1.165, 1.54) is 16.9 Å². The third-order valence-electron chi connectivity index (χ3n) is 3.52. The summed E-state index contributed by atoms with van der Waals surface area (Å²) < 4.78 is 6.50. The van der Waals surface area contributed by atoms with Gasteiger partial charge in [-0.2, -0.15) is 5.10 Å². The van der Waals surface area contributed by atoms with Crippen molar-refractivity contribution < 1.29 is 14.5 Å². The van der Waals surface area contributed by atoms with E-state index in [9.17, 15) is 14.9 Å². The Labute approximate surface area is 107 Å². The molecule has 1 saturated heterocycles. The normalized spacial score (nSPS) is 22.7. The highest BCUT2D eigenvalue weighted by molar-refractivity contribution is 5.90. The number of hydrogen-bond acceptors (Lipinski definition) is 5. The Morgan fingerprint density at radius 3 is 2.95 bits per heavy atom. The number of fused-ring (bicyclic) bond motifs is 1. The number of nitro groups is 1. The molecule has 0 N–H and O–H groups in total. The highest BCUT2D eigenvalue weighted by Gasteiger charge is 2.43. The number of nitrogens with zero attached hydrogens (tertiary/aromatic N) is 3. The van der Waals surface area contributed by atoms with E-state index in [0.717, 1.165) is 0 Å². The molecule has 1 fully saturated rings. The molecule has 2 aromatic rings. The van der Waals surface area contributed by atoms with Crippen molar-refractivity contribution in [1.82, 2.24) is 9.78 Å². The maximum atomic E-state index is 11.8. The zero-order valence-corrected chi connectivity index (χ0v) is 10.2. The smallest absolute Gasteiger partial charge is 0.333 e. The standard InChI is InChI=1S/C12H11N3O4/c1-12(5-6-19-11(12)16)14-9-3-2-4-10(15(17)18)8(9)7-13-14/h2-4,7H,5-6H2,1H3. The summed E-state index contributed by atoms with van der Waals surface area (Å²) in [4.78, 5) is 22.4. The number of esters is 1. The maximum Gasteiger partial charge on any atom is 0.333 e. The molecule has 0 bridgehead atoms. The van der Waals surface area contributed by atoms with Crippen LogP contribution in [0.25, 0.3) is 10.9 Å². The van der Waals surface area contributed by atoms with Gasteiger partial charge in [-0.1, -0.05) is 6.07 Å². The van der Waals surface area contributed by atoms with Crippen LogP contribution in [-0.4, -0.2) is 27.3 Å². The third-order valence-corrected chi connectivity index (χ3v) is 3.52. The summed E-state index contributed by atoms with van der Waals surface area (Å²) >= 11 is 0. The first-order chi connectivity index (χ1) is 9.04. The van der Waals surface area contributed by atoms with Gasteiger partial charge in [-0.15, -0.1) is 0 Å². The van der Waals surface area contributed by atoms with Gasteiger partial charge in [0.05, 0.1) is 28.6 Å². The molecule has 98 valence electrons. The minimum absolute atomic E-state index is 0.0151. The first-order valence-electron chi connectivity index (χ1n) is 5.83. The summed E-state index contributed by atoms with van der Waals surface area (Å²) in [6.07, 6.45) is 1.93. The highest BCUT2D eigenvalue weighted by atomic mass is 16.6. The maximum absolute atomic E-state index is 11.8. The lowest BCUT2D eigenvalue weighted by atomic mass is 10.0. The average molecular weight is 261 g/mol. The van der Waals surface area contributed by atoms with Gasteiger partial charge in [0.15, 0.2) is 5.54 Å². The predicted octanol–water partition coefficient (Wildman–Crippen LogP) is 1.61. The lowest BCUT2D eigenvalue weighted by Crippen LogP contribution is -2.35. The molecule has 19 heavy (non-hydrogen) atoms. The first-order valence-corrected chi connectivity index (χ1v) is 5.83. The SMILES string of the molecule is CC1(n2ncc3c([N+](=O)[O-])cccc32)CCOC1=O. The molecule has 1 aromatic heterocycles. The Balaban J connectivity index is 2.25. The molecule has 1 aromatic carbocycles. The van der Waals surface area contributed by atoms with Crippen LogP contribution in [0.4, 0.5) is 5.69 Å². The lowest BCUT2D eigenvalue weighted by molar-refractivity contribution is -0.383. The number of non-ortho nitro benzene ring substituents is 1. The molecule has 0 amide bonds. The minimum Gasteiger partial charge on any atom is -0.464 e. The molecule has 0 aliphatic carbocycles. The Hall–Kier alpha value is -2.44. The Bertz CT molecular complexity index is 693. The summed E-state index contributed by atoms with van der Waals surface area (Å²) in [6.45, 7) is 2.07. The van der Waals surface area contributed by atoms with E-state index in [-0.39, 0.29) is 11.7 Å². The third kappa shape index (κ3) is 1.51. The van der Waals surface area contributed by atoms with Crippen LogP contribution in [0.2, 0.25) is 0 Å². The van der Waals surface area contributed by atoms with Gasteiger partial charge in [-0.3, -0.25) is 10.1 Å². The van der Waals surface area contributed by atoms with Crippen molar-refractivity contribution in [3.8, 4) is 0 Å². The van der Waals surface area contributed by atoms with Crippen molar-refractivity contribution in [2.45, 2.75) is 18.9 Å². The molecule has 1 atom stereocenters. The van der Waals surface area contributed by atoms with E-state index < -0.39 is 10.5 Å². The Kier molecular flexibility index (Phi) is 2.31. The number of cyclic esters (lactones) is 1. The number of rotatable bonds is 2. The van der Waals surface area contributed by atoms with Crippen molar-refractivity contribution in [2.75, 3.05) is 6.61 Å². The zero-order chi connectivity index (χ0) is 13.6. The molecule has 7 heteroatoms. The van der Waals surface area contributed by atoms with Crippen molar-refractivity contribution in [2.24, 2.45) is 0 Å². The van der Waals surface area contributed by atoms with Crippen LogP contribution in [0.5, 0.6) is 0 Å². The molecular formula is C12H11N3O4. The van der Waals surface area contributed by atoms with Gasteiger partial charge in [0, 0.05) is 12.5 Å². The van der Waals surface area contributed by atoms with Gasteiger partial charge in [-0.05, 0) is 13.0 Å². The van der Waals surface area contributed by atoms with Crippen LogP contribution in [0, 0.1) is 10.1 Å². The number of carbonyl (C=O) groups is 1. The van der Waals surface area contributed by atoms with E-state index >= 15 is 0 Å². The van der Waals surface area contributed by atoms with E-state index in [4.69, 9.17) is 4.74 Å². The number of aromatic nitrogens is 2. The lowest BCUT2D eigenvalue weighted by Gasteiger charge is -2.20. The van der Waals surface area contributed by atoms with Crippen molar-refractivity contribution in [1.29, 1.82) is 0 Å². The van der Waals surface area contributed by atoms with Gasteiger partial charge >= 0.3 is 5.97 Å². The van der Waals surface area contributed by atoms with Crippen molar-refractivity contribution in [3.63, 3.8) is 0 Å². The van der Waals surface area contributed by atoms with E-state index in [0.29, 0.717) is 23.9 Å². The molecule has 0 radical (unpaired) electrons. The second-order valence-corrected chi connectivity index (χ2v) is 4.68. The fraction of sp³-hybridized carbons (Fsp3) is 0.333. The fourth-order valence-electron chi connectivity index (χ4n) is 2.38. The molecule has 3 rings (SSSR count). The number of ether oxygens (including phenoxy) is 1. The monoisotopic (exact) mass is 261 g/mol. The summed E-state index contributed by atoms with van der Waals surface area (Å²) in [5.74, 6) is -0.357.